The normalized spacial score (nSPS) is 14.0. The lowest BCUT2D eigenvalue weighted by Gasteiger charge is -2.23. The quantitative estimate of drug-likeness (QED) is 0.746. The van der Waals surface area contributed by atoms with E-state index < -0.39 is 12.0 Å². The summed E-state index contributed by atoms with van der Waals surface area (Å²) in [5, 5.41) is 12.4. The molecule has 0 aliphatic heterocycles. The third-order valence-corrected chi connectivity index (χ3v) is 4.29. The van der Waals surface area contributed by atoms with Gasteiger partial charge in [-0.05, 0) is 18.4 Å². The Balaban J connectivity index is 2.06. The van der Waals surface area contributed by atoms with Crippen LogP contribution < -0.4 is 5.32 Å². The van der Waals surface area contributed by atoms with E-state index in [4.69, 9.17) is 0 Å². The number of carbonyl (C=O) groups excluding carboxylic acids is 2. The van der Waals surface area contributed by atoms with Crippen molar-refractivity contribution in [3.05, 3.63) is 64.7 Å². The smallest absolute Gasteiger partial charge is 0.326 e. The highest BCUT2D eigenvalue weighted by Crippen LogP contribution is 2.32. The molecule has 5 nitrogen and oxygen atoms in total. The maximum Gasteiger partial charge on any atom is 0.326 e. The summed E-state index contributed by atoms with van der Waals surface area (Å²) in [5.74, 6) is -1.29. The van der Waals surface area contributed by atoms with Crippen LogP contribution in [0.3, 0.4) is 0 Å². The molecule has 3 rings (SSSR count). The Bertz CT molecular complexity index is 870. The van der Waals surface area contributed by atoms with Crippen LogP contribution in [0.2, 0.25) is 0 Å². The van der Waals surface area contributed by atoms with Gasteiger partial charge in [-0.2, -0.15) is 0 Å². The lowest BCUT2D eigenvalue weighted by Crippen LogP contribution is -2.32. The number of carbonyl (C=O) groups is 3. The van der Waals surface area contributed by atoms with Crippen LogP contribution in [-0.4, -0.2) is 28.7 Å². The van der Waals surface area contributed by atoms with Gasteiger partial charge in [0.1, 0.15) is 6.04 Å². The van der Waals surface area contributed by atoms with Gasteiger partial charge in [-0.15, -0.1) is 0 Å². The molecule has 0 spiro atoms. The highest BCUT2D eigenvalue weighted by molar-refractivity contribution is 6.30. The molecule has 2 aromatic carbocycles. The number of rotatable bonds is 5. The molecule has 1 aliphatic carbocycles. The van der Waals surface area contributed by atoms with Gasteiger partial charge in [0.2, 0.25) is 0 Å². The summed E-state index contributed by atoms with van der Waals surface area (Å²) in [6.07, 6.45) is 0.414. The van der Waals surface area contributed by atoms with Crippen molar-refractivity contribution < 1.29 is 19.5 Å². The number of aliphatic carboxylic acids is 1. The number of hydrogen-bond donors (Lipinski definition) is 2. The number of hydrogen-bond acceptors (Lipinski definition) is 4. The predicted molar refractivity (Wildman–Crippen MR) is 94.3 cm³/mol. The third-order valence-electron chi connectivity index (χ3n) is 4.29. The first-order chi connectivity index (χ1) is 11.9. The maximum atomic E-state index is 12.9. The van der Waals surface area contributed by atoms with Crippen molar-refractivity contribution in [1.29, 1.82) is 0 Å². The van der Waals surface area contributed by atoms with E-state index in [1.165, 1.54) is 0 Å². The Labute approximate surface area is 145 Å². The molecule has 0 unspecified atom stereocenters. The monoisotopic (exact) mass is 337 g/mol. The van der Waals surface area contributed by atoms with E-state index in [9.17, 15) is 19.5 Å². The Morgan fingerprint density at radius 3 is 2.16 bits per heavy atom. The van der Waals surface area contributed by atoms with E-state index in [2.05, 4.69) is 5.32 Å². The zero-order chi connectivity index (χ0) is 18.1. The van der Waals surface area contributed by atoms with Crippen molar-refractivity contribution in [3.63, 3.8) is 0 Å². The van der Waals surface area contributed by atoms with Crippen LogP contribution in [-0.2, 0) is 4.79 Å². The van der Waals surface area contributed by atoms with E-state index in [1.54, 1.807) is 42.5 Å². The van der Waals surface area contributed by atoms with E-state index in [0.29, 0.717) is 28.8 Å². The summed E-state index contributed by atoms with van der Waals surface area (Å²) in [4.78, 5) is 37.2. The van der Waals surface area contributed by atoms with Gasteiger partial charge in [0.15, 0.2) is 11.6 Å². The number of carboxylic acid groups (broad SMARTS) is 1. The van der Waals surface area contributed by atoms with Gasteiger partial charge in [-0.25, -0.2) is 4.79 Å². The Morgan fingerprint density at radius 2 is 1.56 bits per heavy atom. The highest BCUT2D eigenvalue weighted by atomic mass is 16.4. The molecule has 0 fully saturated rings. The average Bonchev–Trinajstić information content (AvgIpc) is 2.58. The minimum absolute atomic E-state index is 0.172. The van der Waals surface area contributed by atoms with E-state index in [-0.39, 0.29) is 23.0 Å². The molecule has 2 aromatic rings. The lowest BCUT2D eigenvalue weighted by molar-refractivity contribution is -0.138. The first kappa shape index (κ1) is 16.9. The van der Waals surface area contributed by atoms with E-state index in [1.807, 2.05) is 13.8 Å². The molecule has 0 bridgehead atoms. The molecule has 0 radical (unpaired) electrons. The third kappa shape index (κ3) is 3.05. The molecular weight excluding hydrogens is 318 g/mol. The van der Waals surface area contributed by atoms with Gasteiger partial charge in [0, 0.05) is 22.4 Å². The van der Waals surface area contributed by atoms with Crippen LogP contribution in [0.4, 0.5) is 5.69 Å². The number of benzene rings is 2. The van der Waals surface area contributed by atoms with Gasteiger partial charge in [-0.1, -0.05) is 50.2 Å². The fourth-order valence-electron chi connectivity index (χ4n) is 3.15. The number of carboxylic acids is 1. The molecule has 1 atom stereocenters. The van der Waals surface area contributed by atoms with Crippen molar-refractivity contribution in [2.45, 2.75) is 26.3 Å². The Kier molecular flexibility index (Phi) is 4.40. The zero-order valence-electron chi connectivity index (χ0n) is 14.1. The van der Waals surface area contributed by atoms with Gasteiger partial charge in [0.05, 0.1) is 5.56 Å². The second kappa shape index (κ2) is 6.51. The molecule has 0 aromatic heterocycles. The van der Waals surface area contributed by atoms with Crippen LogP contribution >= 0.6 is 0 Å². The minimum atomic E-state index is -0.985. The van der Waals surface area contributed by atoms with Crippen LogP contribution in [0, 0.1) is 5.92 Å². The molecule has 1 aliphatic rings. The molecule has 128 valence electrons. The zero-order valence-corrected chi connectivity index (χ0v) is 14.1. The van der Waals surface area contributed by atoms with Crippen LogP contribution in [0.15, 0.2) is 42.5 Å². The maximum absolute atomic E-state index is 12.9. The molecule has 5 heteroatoms. The van der Waals surface area contributed by atoms with Gasteiger partial charge < -0.3 is 10.4 Å². The predicted octanol–water partition coefficient (Wildman–Crippen LogP) is 3.37. The molecule has 0 amide bonds. The van der Waals surface area contributed by atoms with Crippen molar-refractivity contribution in [2.24, 2.45) is 5.92 Å². The highest BCUT2D eigenvalue weighted by Gasteiger charge is 2.32. The van der Waals surface area contributed by atoms with Crippen molar-refractivity contribution in [2.75, 3.05) is 5.32 Å². The average molecular weight is 337 g/mol. The van der Waals surface area contributed by atoms with Crippen molar-refractivity contribution in [3.8, 4) is 0 Å². The largest absolute Gasteiger partial charge is 0.480 e. The summed E-state index contributed by atoms with van der Waals surface area (Å²) in [5.41, 5.74) is 1.68. The fourth-order valence-corrected chi connectivity index (χ4v) is 3.15. The first-order valence-electron chi connectivity index (χ1n) is 8.21. The van der Waals surface area contributed by atoms with Gasteiger partial charge >= 0.3 is 5.97 Å². The first-order valence-corrected chi connectivity index (χ1v) is 8.21. The minimum Gasteiger partial charge on any atom is -0.480 e. The number of nitrogens with one attached hydrogen (secondary N) is 1. The lowest BCUT2D eigenvalue weighted by atomic mass is 9.83. The summed E-state index contributed by atoms with van der Waals surface area (Å²) in [7, 11) is 0. The molecule has 0 heterocycles. The standard InChI is InChI=1S/C20H19NO4/c1-11(2)10-16(20(24)25)21-15-9-5-8-14-17(15)19(23)13-7-4-3-6-12(13)18(14)22/h3-9,11,16,21H,10H2,1-2H3,(H,24,25)/t16-/m0/s1. The Morgan fingerprint density at radius 1 is 0.960 bits per heavy atom. The van der Waals surface area contributed by atoms with Crippen LogP contribution in [0.25, 0.3) is 0 Å². The van der Waals surface area contributed by atoms with Gasteiger partial charge in [-0.3, -0.25) is 9.59 Å². The van der Waals surface area contributed by atoms with Crippen LogP contribution in [0.1, 0.15) is 52.1 Å². The van der Waals surface area contributed by atoms with Crippen molar-refractivity contribution in [1.82, 2.24) is 0 Å². The van der Waals surface area contributed by atoms with E-state index in [0.717, 1.165) is 0 Å². The number of fused-ring (bicyclic) bond motifs is 2. The molecule has 2 N–H and O–H groups in total. The SMILES string of the molecule is CC(C)C[C@H](Nc1cccc2c1C(=O)c1ccccc1C2=O)C(=O)O. The topological polar surface area (TPSA) is 83.5 Å². The number of anilines is 1. The summed E-state index contributed by atoms with van der Waals surface area (Å²) in [6, 6.07) is 10.8. The summed E-state index contributed by atoms with van der Waals surface area (Å²) < 4.78 is 0. The van der Waals surface area contributed by atoms with Gasteiger partial charge in [0.25, 0.3) is 0 Å². The summed E-state index contributed by atoms with van der Waals surface area (Å²) >= 11 is 0. The molecule has 0 saturated carbocycles. The second-order valence-corrected chi connectivity index (χ2v) is 6.60. The summed E-state index contributed by atoms with van der Waals surface area (Å²) in [6.45, 7) is 3.87. The fraction of sp³-hybridized carbons (Fsp3) is 0.250. The molecule has 0 saturated heterocycles. The van der Waals surface area contributed by atoms with Crippen LogP contribution in [0.5, 0.6) is 0 Å². The van der Waals surface area contributed by atoms with E-state index >= 15 is 0 Å². The Hall–Kier alpha value is -2.95. The number of ketones is 2. The molecular formula is C20H19NO4. The van der Waals surface area contributed by atoms with Crippen molar-refractivity contribution >= 4 is 23.2 Å². The second-order valence-electron chi connectivity index (χ2n) is 6.60. The molecule has 25 heavy (non-hydrogen) atoms.